The molecule has 1 aromatic rings. The number of nitrogens with zero attached hydrogens (tertiary/aromatic N) is 1. The van der Waals surface area contributed by atoms with Crippen LogP contribution in [-0.4, -0.2) is 11.5 Å². The fourth-order valence-corrected chi connectivity index (χ4v) is 0.870. The van der Waals surface area contributed by atoms with Crippen molar-refractivity contribution in [2.45, 2.75) is 6.92 Å². The molecule has 0 unspecified atom stereocenters. The molecule has 0 amide bonds. The molecule has 0 aliphatic carbocycles. The summed E-state index contributed by atoms with van der Waals surface area (Å²) in [5, 5.41) is 3.17. The zero-order valence-corrected chi connectivity index (χ0v) is 6.67. The number of nitrogens with one attached hydrogen (secondary N) is 1. The molecule has 0 aliphatic heterocycles. The average Bonchev–Trinajstić information content (AvgIpc) is 2.06. The average molecular weight is 148 g/mol. The van der Waals surface area contributed by atoms with Crippen molar-refractivity contribution in [2.75, 3.05) is 11.9 Å². The number of hydrogen-bond acceptors (Lipinski definition) is 2. The Labute approximate surface area is 67.0 Å². The molecule has 2 heteroatoms. The molecule has 0 radical (unpaired) electrons. The van der Waals surface area contributed by atoms with E-state index in [1.807, 2.05) is 6.07 Å². The van der Waals surface area contributed by atoms with E-state index in [0.717, 1.165) is 17.8 Å². The fourth-order valence-electron chi connectivity index (χ4n) is 0.870. The third-order valence-corrected chi connectivity index (χ3v) is 1.38. The predicted octanol–water partition coefficient (Wildman–Crippen LogP) is 2.16. The Hall–Kier alpha value is -1.31. The third-order valence-electron chi connectivity index (χ3n) is 1.38. The van der Waals surface area contributed by atoms with Gasteiger partial charge in [0.15, 0.2) is 0 Å². The Balaban J connectivity index is 2.82. The van der Waals surface area contributed by atoms with Gasteiger partial charge in [0.2, 0.25) is 0 Å². The highest BCUT2D eigenvalue weighted by molar-refractivity contribution is 5.53. The van der Waals surface area contributed by atoms with Crippen LogP contribution < -0.4 is 5.32 Å². The van der Waals surface area contributed by atoms with Gasteiger partial charge in [-0.15, -0.1) is 0 Å². The van der Waals surface area contributed by atoms with Gasteiger partial charge in [-0.2, -0.15) is 0 Å². The highest BCUT2D eigenvalue weighted by atomic mass is 14.9. The van der Waals surface area contributed by atoms with Gasteiger partial charge < -0.3 is 5.32 Å². The van der Waals surface area contributed by atoms with Crippen LogP contribution in [0.3, 0.4) is 0 Å². The lowest BCUT2D eigenvalue weighted by Crippen LogP contribution is -1.96. The normalized spacial score (nSPS) is 9.18. The second kappa shape index (κ2) is 3.76. The topological polar surface area (TPSA) is 24.9 Å². The Kier molecular flexibility index (Phi) is 2.66. The molecule has 1 heterocycles. The molecule has 0 saturated heterocycles. The Bertz CT molecular complexity index is 243. The van der Waals surface area contributed by atoms with Crippen molar-refractivity contribution in [3.63, 3.8) is 0 Å². The summed E-state index contributed by atoms with van der Waals surface area (Å²) in [4.78, 5) is 4.04. The number of hydrogen-bond donors (Lipinski definition) is 1. The predicted molar refractivity (Wildman–Crippen MR) is 48.5 cm³/mol. The Morgan fingerprint density at radius 3 is 3.09 bits per heavy atom. The summed E-state index contributed by atoms with van der Waals surface area (Å²) in [5.41, 5.74) is 2.09. The van der Waals surface area contributed by atoms with Gasteiger partial charge in [-0.3, -0.25) is 4.98 Å². The Morgan fingerprint density at radius 1 is 1.64 bits per heavy atom. The van der Waals surface area contributed by atoms with E-state index in [1.165, 1.54) is 0 Å². The molecule has 1 rings (SSSR count). The lowest BCUT2D eigenvalue weighted by atomic mass is 10.2. The molecule has 58 valence electrons. The first-order valence-electron chi connectivity index (χ1n) is 3.68. The minimum Gasteiger partial charge on any atom is -0.384 e. The van der Waals surface area contributed by atoms with Crippen LogP contribution in [0.25, 0.3) is 6.08 Å². The van der Waals surface area contributed by atoms with Gasteiger partial charge in [0.1, 0.15) is 0 Å². The molecular formula is C9H12N2. The van der Waals surface area contributed by atoms with Gasteiger partial charge in [-0.1, -0.05) is 12.7 Å². The van der Waals surface area contributed by atoms with E-state index in [9.17, 15) is 0 Å². The van der Waals surface area contributed by atoms with E-state index in [-0.39, 0.29) is 0 Å². The molecule has 1 N–H and O–H groups in total. The summed E-state index contributed by atoms with van der Waals surface area (Å²) < 4.78 is 0. The van der Waals surface area contributed by atoms with E-state index < -0.39 is 0 Å². The maximum atomic E-state index is 4.04. The van der Waals surface area contributed by atoms with Crippen molar-refractivity contribution in [1.82, 2.24) is 4.98 Å². The van der Waals surface area contributed by atoms with Crippen LogP contribution in [0.15, 0.2) is 25.0 Å². The van der Waals surface area contributed by atoms with E-state index in [4.69, 9.17) is 0 Å². The summed E-state index contributed by atoms with van der Waals surface area (Å²) in [6, 6.07) is 2.02. The first kappa shape index (κ1) is 7.79. The quantitative estimate of drug-likeness (QED) is 0.710. The van der Waals surface area contributed by atoms with Crippen LogP contribution in [0.2, 0.25) is 0 Å². The van der Waals surface area contributed by atoms with Crippen molar-refractivity contribution in [3.05, 3.63) is 30.6 Å². The van der Waals surface area contributed by atoms with Crippen LogP contribution in [0, 0.1) is 0 Å². The number of pyridine rings is 1. The van der Waals surface area contributed by atoms with Crippen LogP contribution in [0.5, 0.6) is 0 Å². The minimum absolute atomic E-state index is 0.919. The molecule has 0 aromatic carbocycles. The molecule has 0 bridgehead atoms. The molecule has 0 fully saturated rings. The summed E-state index contributed by atoms with van der Waals surface area (Å²) >= 11 is 0. The lowest BCUT2D eigenvalue weighted by Gasteiger charge is -2.01. The van der Waals surface area contributed by atoms with Crippen LogP contribution in [0.4, 0.5) is 5.69 Å². The highest BCUT2D eigenvalue weighted by Crippen LogP contribution is 2.08. The van der Waals surface area contributed by atoms with E-state index in [1.54, 1.807) is 18.5 Å². The standard InChI is InChI=1S/C9H12N2/c1-3-8-5-9(11-4-2)7-10-6-8/h3,5-7,11H,1,4H2,2H3. The molecule has 0 atom stereocenters. The van der Waals surface area contributed by atoms with Crippen molar-refractivity contribution in [1.29, 1.82) is 0 Å². The van der Waals surface area contributed by atoms with E-state index in [0.29, 0.717) is 0 Å². The summed E-state index contributed by atoms with van der Waals surface area (Å²) in [6.45, 7) is 6.64. The minimum atomic E-state index is 0.919. The van der Waals surface area contributed by atoms with Crippen LogP contribution in [0.1, 0.15) is 12.5 Å². The van der Waals surface area contributed by atoms with E-state index >= 15 is 0 Å². The van der Waals surface area contributed by atoms with Gasteiger partial charge in [0.05, 0.1) is 5.69 Å². The summed E-state index contributed by atoms with van der Waals surface area (Å²) in [6.07, 6.45) is 5.37. The van der Waals surface area contributed by atoms with Gasteiger partial charge in [0, 0.05) is 18.9 Å². The van der Waals surface area contributed by atoms with Crippen molar-refractivity contribution >= 4 is 11.8 Å². The molecular weight excluding hydrogens is 136 g/mol. The van der Waals surface area contributed by atoms with E-state index in [2.05, 4.69) is 23.8 Å². The molecule has 0 saturated carbocycles. The third kappa shape index (κ3) is 2.08. The Morgan fingerprint density at radius 2 is 2.45 bits per heavy atom. The maximum absolute atomic E-state index is 4.04. The second-order valence-corrected chi connectivity index (χ2v) is 2.24. The summed E-state index contributed by atoms with van der Waals surface area (Å²) in [7, 11) is 0. The van der Waals surface area contributed by atoms with Crippen LogP contribution >= 0.6 is 0 Å². The van der Waals surface area contributed by atoms with Crippen molar-refractivity contribution in [3.8, 4) is 0 Å². The van der Waals surface area contributed by atoms with Gasteiger partial charge in [-0.05, 0) is 18.6 Å². The number of rotatable bonds is 3. The monoisotopic (exact) mass is 148 g/mol. The SMILES string of the molecule is C=Cc1cncc(NCC)c1. The van der Waals surface area contributed by atoms with Crippen molar-refractivity contribution in [2.24, 2.45) is 0 Å². The number of anilines is 1. The molecule has 2 nitrogen and oxygen atoms in total. The maximum Gasteiger partial charge on any atom is 0.0532 e. The molecule has 0 spiro atoms. The van der Waals surface area contributed by atoms with Gasteiger partial charge in [0.25, 0.3) is 0 Å². The fraction of sp³-hybridized carbons (Fsp3) is 0.222. The second-order valence-electron chi connectivity index (χ2n) is 2.24. The van der Waals surface area contributed by atoms with Gasteiger partial charge >= 0.3 is 0 Å². The summed E-state index contributed by atoms with van der Waals surface area (Å²) in [5.74, 6) is 0. The molecule has 11 heavy (non-hydrogen) atoms. The first-order chi connectivity index (χ1) is 5.36. The number of aromatic nitrogens is 1. The molecule has 0 aliphatic rings. The van der Waals surface area contributed by atoms with Gasteiger partial charge in [-0.25, -0.2) is 0 Å². The highest BCUT2D eigenvalue weighted by Gasteiger charge is 1.89. The van der Waals surface area contributed by atoms with Crippen LogP contribution in [-0.2, 0) is 0 Å². The van der Waals surface area contributed by atoms with Crippen molar-refractivity contribution < 1.29 is 0 Å². The molecule has 1 aromatic heterocycles. The smallest absolute Gasteiger partial charge is 0.0532 e. The largest absolute Gasteiger partial charge is 0.384 e. The lowest BCUT2D eigenvalue weighted by molar-refractivity contribution is 1.19. The zero-order chi connectivity index (χ0) is 8.10. The zero-order valence-electron chi connectivity index (χ0n) is 6.67. The first-order valence-corrected chi connectivity index (χ1v) is 3.68.